The average Bonchev–Trinajstić information content (AvgIpc) is 2.74. The predicted octanol–water partition coefficient (Wildman–Crippen LogP) is 4.28. The maximum atomic E-state index is 11.0. The molecule has 0 saturated carbocycles. The summed E-state index contributed by atoms with van der Waals surface area (Å²) in [7, 11) is 1.00. The summed E-state index contributed by atoms with van der Waals surface area (Å²) < 4.78 is 5.87. The molecule has 0 aliphatic rings. The molecule has 0 heterocycles. The topological polar surface area (TPSA) is 92.8 Å². The van der Waals surface area contributed by atoms with E-state index in [0.29, 0.717) is 29.5 Å². The van der Waals surface area contributed by atoms with E-state index in [2.05, 4.69) is 0 Å². The van der Waals surface area contributed by atoms with Crippen LogP contribution in [0.5, 0.6) is 5.75 Å². The fourth-order valence-electron chi connectivity index (χ4n) is 2.89. The Balaban J connectivity index is 0.00000145. The quantitative estimate of drug-likeness (QED) is 0.537. The van der Waals surface area contributed by atoms with Gasteiger partial charge in [-0.2, -0.15) is 0 Å². The van der Waals surface area contributed by atoms with Gasteiger partial charge in [0.2, 0.25) is 0 Å². The number of halogens is 1. The lowest BCUT2D eigenvalue weighted by molar-refractivity contribution is -0.136. The van der Waals surface area contributed by atoms with Gasteiger partial charge in [-0.25, -0.2) is 0 Å². The van der Waals surface area contributed by atoms with Gasteiger partial charge in [-0.05, 0) is 52.6 Å². The maximum absolute atomic E-state index is 11.0. The molecule has 0 aromatic heterocycles. The van der Waals surface area contributed by atoms with Crippen LogP contribution < -0.4 is 10.5 Å². The van der Waals surface area contributed by atoms with E-state index in [1.165, 1.54) is 0 Å². The SMILES string of the molecule is CO.NCc1cc(Cl)cc(-c2cccc(COc3ccccc3CC(=O)O)c2)c1. The Labute approximate surface area is 175 Å². The second kappa shape index (κ2) is 11.2. The van der Waals surface area contributed by atoms with Crippen LogP contribution in [0.25, 0.3) is 11.1 Å². The Kier molecular flexibility index (Phi) is 8.68. The molecule has 0 aliphatic carbocycles. The normalized spacial score (nSPS) is 10.1. The molecule has 4 N–H and O–H groups in total. The fourth-order valence-corrected chi connectivity index (χ4v) is 3.15. The molecule has 0 unspecified atom stereocenters. The van der Waals surface area contributed by atoms with Crippen molar-refractivity contribution in [2.75, 3.05) is 7.11 Å². The van der Waals surface area contributed by atoms with Crippen LogP contribution in [0.4, 0.5) is 0 Å². The van der Waals surface area contributed by atoms with Gasteiger partial charge in [0.05, 0.1) is 6.42 Å². The molecular weight excluding hydrogens is 390 g/mol. The molecule has 3 aromatic carbocycles. The Hall–Kier alpha value is -2.86. The Morgan fingerprint density at radius 1 is 0.966 bits per heavy atom. The van der Waals surface area contributed by atoms with E-state index in [9.17, 15) is 4.79 Å². The van der Waals surface area contributed by atoms with E-state index < -0.39 is 5.97 Å². The number of rotatable bonds is 7. The lowest BCUT2D eigenvalue weighted by atomic mass is 10.0. The first-order chi connectivity index (χ1) is 14.0. The van der Waals surface area contributed by atoms with Crippen LogP contribution in [0.15, 0.2) is 66.7 Å². The predicted molar refractivity (Wildman–Crippen MR) is 115 cm³/mol. The van der Waals surface area contributed by atoms with E-state index >= 15 is 0 Å². The first-order valence-corrected chi connectivity index (χ1v) is 9.39. The highest BCUT2D eigenvalue weighted by atomic mass is 35.5. The van der Waals surface area contributed by atoms with Crippen molar-refractivity contribution in [3.05, 3.63) is 88.4 Å². The smallest absolute Gasteiger partial charge is 0.307 e. The first kappa shape index (κ1) is 22.4. The zero-order valence-corrected chi connectivity index (χ0v) is 16.9. The van der Waals surface area contributed by atoms with Crippen molar-refractivity contribution in [1.29, 1.82) is 0 Å². The standard InChI is InChI=1S/C22H20ClNO3.CH4O/c23-20-10-16(13-24)9-19(11-20)17-6-3-4-15(8-17)14-27-21-7-2-1-5-18(21)12-22(25)26;1-2/h1-11H,12-14,24H2,(H,25,26);2H,1H3. The van der Waals surface area contributed by atoms with E-state index in [1.54, 1.807) is 18.2 Å². The van der Waals surface area contributed by atoms with Gasteiger partial charge in [0.15, 0.2) is 0 Å². The van der Waals surface area contributed by atoms with Gasteiger partial charge in [0, 0.05) is 24.2 Å². The molecule has 152 valence electrons. The number of aliphatic carboxylic acids is 1. The number of ether oxygens (including phenoxy) is 1. The number of hydrogen-bond acceptors (Lipinski definition) is 4. The van der Waals surface area contributed by atoms with Crippen molar-refractivity contribution in [3.63, 3.8) is 0 Å². The summed E-state index contributed by atoms with van der Waals surface area (Å²) >= 11 is 6.19. The third-order valence-corrected chi connectivity index (χ3v) is 4.38. The molecule has 0 aliphatic heterocycles. The number of benzene rings is 3. The molecule has 0 atom stereocenters. The number of carbonyl (C=O) groups is 1. The third-order valence-electron chi connectivity index (χ3n) is 4.16. The summed E-state index contributed by atoms with van der Waals surface area (Å²) in [5.74, 6) is -0.303. The molecular formula is C23H24ClNO4. The maximum Gasteiger partial charge on any atom is 0.307 e. The molecule has 0 radical (unpaired) electrons. The molecule has 0 fully saturated rings. The Morgan fingerprint density at radius 2 is 1.69 bits per heavy atom. The van der Waals surface area contributed by atoms with Crippen LogP contribution in [-0.4, -0.2) is 23.3 Å². The molecule has 3 aromatic rings. The third kappa shape index (κ3) is 6.61. The summed E-state index contributed by atoms with van der Waals surface area (Å²) in [5.41, 5.74) is 10.4. The Morgan fingerprint density at radius 3 is 2.41 bits per heavy atom. The number of aliphatic hydroxyl groups excluding tert-OH is 1. The van der Waals surface area contributed by atoms with Crippen molar-refractivity contribution >= 4 is 17.6 Å². The first-order valence-electron chi connectivity index (χ1n) is 9.01. The van der Waals surface area contributed by atoms with E-state index in [1.807, 2.05) is 48.5 Å². The molecule has 5 nitrogen and oxygen atoms in total. The summed E-state index contributed by atoms with van der Waals surface area (Å²) in [6.45, 7) is 0.769. The zero-order chi connectivity index (χ0) is 21.2. The van der Waals surface area contributed by atoms with Crippen LogP contribution in [0.2, 0.25) is 5.02 Å². The highest BCUT2D eigenvalue weighted by molar-refractivity contribution is 6.31. The van der Waals surface area contributed by atoms with Crippen LogP contribution in [0.3, 0.4) is 0 Å². The minimum absolute atomic E-state index is 0.0689. The molecule has 0 spiro atoms. The summed E-state index contributed by atoms with van der Waals surface area (Å²) in [5, 5.41) is 16.7. The lowest BCUT2D eigenvalue weighted by Crippen LogP contribution is -2.04. The number of para-hydroxylation sites is 1. The van der Waals surface area contributed by atoms with Crippen molar-refractivity contribution in [3.8, 4) is 16.9 Å². The highest BCUT2D eigenvalue weighted by Crippen LogP contribution is 2.26. The largest absolute Gasteiger partial charge is 0.489 e. The second-order valence-corrected chi connectivity index (χ2v) is 6.66. The van der Waals surface area contributed by atoms with Crippen molar-refractivity contribution < 1.29 is 19.7 Å². The van der Waals surface area contributed by atoms with Gasteiger partial charge in [-0.3, -0.25) is 4.79 Å². The van der Waals surface area contributed by atoms with Crippen molar-refractivity contribution in [2.24, 2.45) is 5.73 Å². The van der Waals surface area contributed by atoms with Crippen LogP contribution in [-0.2, 0) is 24.4 Å². The number of carboxylic acids is 1. The summed E-state index contributed by atoms with van der Waals surface area (Å²) in [6.07, 6.45) is -0.0689. The van der Waals surface area contributed by atoms with Crippen LogP contribution >= 0.6 is 11.6 Å². The van der Waals surface area contributed by atoms with Crippen molar-refractivity contribution in [2.45, 2.75) is 19.6 Å². The molecule has 6 heteroatoms. The van der Waals surface area contributed by atoms with Gasteiger partial charge < -0.3 is 20.7 Å². The van der Waals surface area contributed by atoms with Gasteiger partial charge in [0.1, 0.15) is 12.4 Å². The summed E-state index contributed by atoms with van der Waals surface area (Å²) in [4.78, 5) is 11.0. The van der Waals surface area contributed by atoms with E-state index in [0.717, 1.165) is 29.4 Å². The number of aliphatic hydroxyl groups is 1. The number of carboxylic acid groups (broad SMARTS) is 1. The van der Waals surface area contributed by atoms with Crippen molar-refractivity contribution in [1.82, 2.24) is 0 Å². The summed E-state index contributed by atoms with van der Waals surface area (Å²) in [6, 6.07) is 20.9. The van der Waals surface area contributed by atoms with Gasteiger partial charge in [-0.1, -0.05) is 48.0 Å². The number of hydrogen-bond donors (Lipinski definition) is 3. The highest BCUT2D eigenvalue weighted by Gasteiger charge is 2.08. The van der Waals surface area contributed by atoms with Crippen LogP contribution in [0.1, 0.15) is 16.7 Å². The van der Waals surface area contributed by atoms with E-state index in [-0.39, 0.29) is 6.42 Å². The minimum Gasteiger partial charge on any atom is -0.489 e. The number of nitrogens with two attached hydrogens (primary N) is 1. The van der Waals surface area contributed by atoms with E-state index in [4.69, 9.17) is 32.3 Å². The molecule has 29 heavy (non-hydrogen) atoms. The molecule has 0 saturated heterocycles. The average molecular weight is 414 g/mol. The van der Waals surface area contributed by atoms with Gasteiger partial charge in [-0.15, -0.1) is 0 Å². The minimum atomic E-state index is -0.885. The monoisotopic (exact) mass is 413 g/mol. The fraction of sp³-hybridized carbons (Fsp3) is 0.174. The Bertz CT molecular complexity index is 959. The zero-order valence-electron chi connectivity index (χ0n) is 16.1. The van der Waals surface area contributed by atoms with Crippen LogP contribution in [0, 0.1) is 0 Å². The molecule has 0 amide bonds. The lowest BCUT2D eigenvalue weighted by Gasteiger charge is -2.12. The second-order valence-electron chi connectivity index (χ2n) is 6.22. The molecule has 0 bridgehead atoms. The molecule has 3 rings (SSSR count). The van der Waals surface area contributed by atoms with Gasteiger partial charge in [0.25, 0.3) is 0 Å². The van der Waals surface area contributed by atoms with Gasteiger partial charge >= 0.3 is 5.97 Å².